The highest BCUT2D eigenvalue weighted by Crippen LogP contribution is 2.20. The van der Waals surface area contributed by atoms with Crippen molar-refractivity contribution in [3.8, 4) is 0 Å². The van der Waals surface area contributed by atoms with E-state index in [0.717, 1.165) is 6.42 Å². The van der Waals surface area contributed by atoms with Gasteiger partial charge in [0, 0.05) is 8.47 Å². The van der Waals surface area contributed by atoms with E-state index < -0.39 is 0 Å². The van der Waals surface area contributed by atoms with Crippen molar-refractivity contribution in [2.75, 3.05) is 7.05 Å². The highest BCUT2D eigenvalue weighted by atomic mass is 19.1. The van der Waals surface area contributed by atoms with E-state index in [2.05, 4.69) is 5.32 Å². The highest BCUT2D eigenvalue weighted by molar-refractivity contribution is 5.27. The second kappa shape index (κ2) is 2.86. The van der Waals surface area contributed by atoms with Gasteiger partial charge in [0.15, 0.2) is 0 Å². The highest BCUT2D eigenvalue weighted by Gasteiger charge is 2.09. The van der Waals surface area contributed by atoms with Crippen LogP contribution >= 0.6 is 0 Å². The van der Waals surface area contributed by atoms with E-state index in [4.69, 9.17) is 0 Å². The zero-order valence-corrected chi connectivity index (χ0v) is 6.32. The monoisotopic (exact) mass is 143 g/mol. The first-order valence-electron chi connectivity index (χ1n) is 3.49. The SMILES string of the molecule is CNC1=CCC(C)C=C1F.[HH]. The quantitative estimate of drug-likeness (QED) is 0.593. The van der Waals surface area contributed by atoms with Crippen molar-refractivity contribution in [2.45, 2.75) is 13.3 Å². The smallest absolute Gasteiger partial charge is 0.142 e. The standard InChI is InChI=1S/C8H12FN.H2/c1-6-3-4-8(10-2)7(9)5-6;/h4-6,10H,3H2,1-2H3;1H. The van der Waals surface area contributed by atoms with Crippen LogP contribution in [0.1, 0.15) is 14.8 Å². The topological polar surface area (TPSA) is 12.0 Å². The minimum atomic E-state index is -0.124. The van der Waals surface area contributed by atoms with Crippen LogP contribution in [0, 0.1) is 5.92 Å². The molecule has 1 nitrogen and oxygen atoms in total. The van der Waals surface area contributed by atoms with Crippen molar-refractivity contribution in [3.05, 3.63) is 23.7 Å². The number of hydrogen-bond donors (Lipinski definition) is 1. The zero-order chi connectivity index (χ0) is 7.56. The van der Waals surface area contributed by atoms with Gasteiger partial charge in [0.05, 0.1) is 5.70 Å². The normalized spacial score (nSPS) is 25.3. The molecule has 0 saturated heterocycles. The molecule has 1 aliphatic rings. The third-order valence-corrected chi connectivity index (χ3v) is 1.65. The van der Waals surface area contributed by atoms with E-state index in [9.17, 15) is 4.39 Å². The fourth-order valence-electron chi connectivity index (χ4n) is 1.03. The molecule has 1 aliphatic carbocycles. The van der Waals surface area contributed by atoms with E-state index in [0.29, 0.717) is 11.6 Å². The lowest BCUT2D eigenvalue weighted by atomic mass is 10.0. The molecule has 1 rings (SSSR count). The molecular weight excluding hydrogens is 129 g/mol. The maximum atomic E-state index is 12.8. The Hall–Kier alpha value is -0.790. The Kier molecular flexibility index (Phi) is 2.10. The van der Waals surface area contributed by atoms with Gasteiger partial charge in [0.2, 0.25) is 0 Å². The lowest BCUT2D eigenvalue weighted by molar-refractivity contribution is 0.584. The minimum absolute atomic E-state index is 0. The fourth-order valence-corrected chi connectivity index (χ4v) is 1.03. The van der Waals surface area contributed by atoms with Gasteiger partial charge in [-0.3, -0.25) is 0 Å². The molecule has 1 atom stereocenters. The first-order valence-corrected chi connectivity index (χ1v) is 3.49. The Labute approximate surface area is 62.1 Å². The molecule has 0 radical (unpaired) electrons. The van der Waals surface area contributed by atoms with Crippen LogP contribution in [0.4, 0.5) is 4.39 Å². The summed E-state index contributed by atoms with van der Waals surface area (Å²) in [6.07, 6.45) is 4.47. The number of hydrogen-bond acceptors (Lipinski definition) is 1. The van der Waals surface area contributed by atoms with Gasteiger partial charge in [-0.05, 0) is 18.4 Å². The molecule has 1 unspecified atom stereocenters. The predicted molar refractivity (Wildman–Crippen MR) is 42.2 cm³/mol. The molecule has 0 amide bonds. The molecule has 0 aromatic heterocycles. The molecule has 0 bridgehead atoms. The summed E-state index contributed by atoms with van der Waals surface area (Å²) in [5.41, 5.74) is 0.623. The molecule has 0 aromatic rings. The Morgan fingerprint density at radius 1 is 1.80 bits per heavy atom. The summed E-state index contributed by atoms with van der Waals surface area (Å²) in [5.74, 6) is 0.221. The molecule has 0 aliphatic heterocycles. The van der Waals surface area contributed by atoms with E-state index in [1.165, 1.54) is 0 Å². The molecule has 58 valence electrons. The third-order valence-electron chi connectivity index (χ3n) is 1.65. The first-order chi connectivity index (χ1) is 4.74. The Morgan fingerprint density at radius 2 is 2.50 bits per heavy atom. The van der Waals surface area contributed by atoms with Crippen molar-refractivity contribution >= 4 is 0 Å². The molecule has 0 saturated carbocycles. The number of allylic oxidation sites excluding steroid dienone is 3. The summed E-state index contributed by atoms with van der Waals surface area (Å²) < 4.78 is 12.8. The lowest BCUT2D eigenvalue weighted by Crippen LogP contribution is -2.10. The summed E-state index contributed by atoms with van der Waals surface area (Å²) in [6, 6.07) is 0. The minimum Gasteiger partial charge on any atom is -0.386 e. The molecule has 10 heavy (non-hydrogen) atoms. The molecule has 0 heterocycles. The van der Waals surface area contributed by atoms with Crippen LogP contribution in [-0.4, -0.2) is 7.05 Å². The van der Waals surface area contributed by atoms with Gasteiger partial charge in [-0.1, -0.05) is 13.0 Å². The van der Waals surface area contributed by atoms with Crippen molar-refractivity contribution < 1.29 is 5.82 Å². The van der Waals surface area contributed by atoms with Crippen LogP contribution < -0.4 is 5.32 Å². The van der Waals surface area contributed by atoms with Crippen LogP contribution in [0.15, 0.2) is 23.7 Å². The van der Waals surface area contributed by atoms with E-state index in [-0.39, 0.29) is 7.25 Å². The summed E-state index contributed by atoms with van der Waals surface area (Å²) in [7, 11) is 1.73. The summed E-state index contributed by atoms with van der Waals surface area (Å²) in [4.78, 5) is 0. The number of likely N-dealkylation sites (N-methyl/N-ethyl adjacent to an activating group) is 1. The van der Waals surface area contributed by atoms with E-state index in [1.807, 2.05) is 13.0 Å². The van der Waals surface area contributed by atoms with Crippen LogP contribution in [-0.2, 0) is 0 Å². The van der Waals surface area contributed by atoms with Crippen LogP contribution in [0.25, 0.3) is 0 Å². The van der Waals surface area contributed by atoms with Crippen LogP contribution in [0.2, 0.25) is 0 Å². The van der Waals surface area contributed by atoms with Crippen molar-refractivity contribution in [2.24, 2.45) is 5.92 Å². The van der Waals surface area contributed by atoms with Gasteiger partial charge in [0.1, 0.15) is 5.83 Å². The number of rotatable bonds is 1. The van der Waals surface area contributed by atoms with Crippen LogP contribution in [0.5, 0.6) is 0 Å². The molecule has 0 fully saturated rings. The second-order valence-electron chi connectivity index (χ2n) is 2.60. The molecule has 0 aromatic carbocycles. The van der Waals surface area contributed by atoms with Gasteiger partial charge in [-0.25, -0.2) is 4.39 Å². The number of nitrogens with one attached hydrogen (secondary N) is 1. The first kappa shape index (κ1) is 7.32. The van der Waals surface area contributed by atoms with Gasteiger partial charge >= 0.3 is 0 Å². The molecular formula is C8H14FN. The number of halogens is 1. The summed E-state index contributed by atoms with van der Waals surface area (Å²) in [5, 5.41) is 2.79. The van der Waals surface area contributed by atoms with Gasteiger partial charge in [-0.15, -0.1) is 0 Å². The Balaban J connectivity index is 0.000001000. The van der Waals surface area contributed by atoms with Crippen molar-refractivity contribution in [1.82, 2.24) is 5.32 Å². The predicted octanol–water partition coefficient (Wildman–Crippen LogP) is 2.23. The van der Waals surface area contributed by atoms with Crippen LogP contribution in [0.3, 0.4) is 0 Å². The Bertz CT molecular complexity index is 187. The molecule has 2 heteroatoms. The lowest BCUT2D eigenvalue weighted by Gasteiger charge is -2.12. The van der Waals surface area contributed by atoms with E-state index in [1.54, 1.807) is 13.1 Å². The van der Waals surface area contributed by atoms with Gasteiger partial charge < -0.3 is 5.32 Å². The Morgan fingerprint density at radius 3 is 3.00 bits per heavy atom. The van der Waals surface area contributed by atoms with E-state index >= 15 is 0 Å². The molecule has 1 N–H and O–H groups in total. The summed E-state index contributed by atoms with van der Waals surface area (Å²) in [6.45, 7) is 2.00. The third kappa shape index (κ3) is 1.38. The summed E-state index contributed by atoms with van der Waals surface area (Å²) >= 11 is 0. The second-order valence-corrected chi connectivity index (χ2v) is 2.60. The fraction of sp³-hybridized carbons (Fsp3) is 0.500. The maximum Gasteiger partial charge on any atom is 0.142 e. The molecule has 0 spiro atoms. The zero-order valence-electron chi connectivity index (χ0n) is 6.32. The average Bonchev–Trinajstić information content (AvgIpc) is 1.88. The largest absolute Gasteiger partial charge is 0.386 e. The van der Waals surface area contributed by atoms with Gasteiger partial charge in [0.25, 0.3) is 0 Å². The van der Waals surface area contributed by atoms with Crippen molar-refractivity contribution in [3.63, 3.8) is 0 Å². The maximum absolute atomic E-state index is 12.8. The van der Waals surface area contributed by atoms with Gasteiger partial charge in [-0.2, -0.15) is 0 Å². The average molecular weight is 143 g/mol. The van der Waals surface area contributed by atoms with Crippen molar-refractivity contribution in [1.29, 1.82) is 0 Å².